The molecule has 0 aliphatic heterocycles. The molecule has 4 atom stereocenters. The van der Waals surface area contributed by atoms with Gasteiger partial charge in [0.25, 0.3) is 0 Å². The number of nitrogens with two attached hydrogens (primary N) is 1. The number of nitrogens with zero attached hydrogens (tertiary/aromatic N) is 1. The van der Waals surface area contributed by atoms with Crippen molar-refractivity contribution in [2.45, 2.75) is 51.4 Å². The molecule has 162 valence electrons. The SMILES string of the molecule is CC(C)C(NC(=O)C(NC(=O)CN)C(C)O)C(=O)NC(Cc1cnc[nH]1)C(=O)O. The number of hydrogen-bond acceptors (Lipinski definition) is 7. The fraction of sp³-hybridized carbons (Fsp3) is 0.588. The van der Waals surface area contributed by atoms with Gasteiger partial charge >= 0.3 is 5.97 Å². The first kappa shape index (κ1) is 24.0. The first-order valence-electron chi connectivity index (χ1n) is 9.05. The lowest BCUT2D eigenvalue weighted by Crippen LogP contribution is -2.60. The highest BCUT2D eigenvalue weighted by Crippen LogP contribution is 2.06. The number of carbonyl (C=O) groups is 4. The molecule has 1 aromatic rings. The number of aliphatic carboxylic acids is 1. The Morgan fingerprint density at radius 1 is 1.10 bits per heavy atom. The van der Waals surface area contributed by atoms with Crippen LogP contribution in [0.1, 0.15) is 26.5 Å². The largest absolute Gasteiger partial charge is 0.480 e. The van der Waals surface area contributed by atoms with Gasteiger partial charge in [-0.05, 0) is 12.8 Å². The summed E-state index contributed by atoms with van der Waals surface area (Å²) in [5, 5.41) is 26.3. The molecule has 0 aliphatic carbocycles. The van der Waals surface area contributed by atoms with Crippen LogP contribution in [0.5, 0.6) is 0 Å². The third-order valence-corrected chi connectivity index (χ3v) is 4.11. The van der Waals surface area contributed by atoms with Gasteiger partial charge in [-0.15, -0.1) is 0 Å². The van der Waals surface area contributed by atoms with E-state index in [1.807, 2.05) is 0 Å². The molecule has 1 rings (SSSR count). The van der Waals surface area contributed by atoms with Gasteiger partial charge in [0.2, 0.25) is 17.7 Å². The Balaban J connectivity index is 2.88. The Labute approximate surface area is 167 Å². The minimum Gasteiger partial charge on any atom is -0.480 e. The summed E-state index contributed by atoms with van der Waals surface area (Å²) in [4.78, 5) is 54.7. The molecular formula is C17H28N6O6. The van der Waals surface area contributed by atoms with E-state index < -0.39 is 53.8 Å². The van der Waals surface area contributed by atoms with Crippen molar-refractivity contribution < 1.29 is 29.4 Å². The molecule has 0 saturated carbocycles. The molecular weight excluding hydrogens is 384 g/mol. The number of carboxylic acids is 1. The number of imidazole rings is 1. The molecule has 0 radical (unpaired) electrons. The zero-order valence-corrected chi connectivity index (χ0v) is 16.5. The van der Waals surface area contributed by atoms with Gasteiger partial charge in [-0.25, -0.2) is 9.78 Å². The summed E-state index contributed by atoms with van der Waals surface area (Å²) in [6.45, 7) is 4.24. The number of amides is 3. The number of nitrogens with one attached hydrogen (secondary N) is 4. The maximum atomic E-state index is 12.6. The first-order valence-corrected chi connectivity index (χ1v) is 9.05. The molecule has 4 unspecified atom stereocenters. The van der Waals surface area contributed by atoms with Crippen LogP contribution in [0.25, 0.3) is 0 Å². The van der Waals surface area contributed by atoms with Gasteiger partial charge in [0.05, 0.1) is 19.0 Å². The number of rotatable bonds is 11. The lowest BCUT2D eigenvalue weighted by Gasteiger charge is -2.27. The van der Waals surface area contributed by atoms with Gasteiger partial charge in [0.1, 0.15) is 18.1 Å². The van der Waals surface area contributed by atoms with E-state index in [4.69, 9.17) is 5.73 Å². The number of H-pyrrole nitrogens is 1. The molecule has 0 aliphatic rings. The summed E-state index contributed by atoms with van der Waals surface area (Å²) in [5.74, 6) is -3.81. The average molecular weight is 412 g/mol. The van der Waals surface area contributed by atoms with Crippen molar-refractivity contribution in [2.24, 2.45) is 11.7 Å². The van der Waals surface area contributed by atoms with Crippen molar-refractivity contribution in [3.63, 3.8) is 0 Å². The monoisotopic (exact) mass is 412 g/mol. The Morgan fingerprint density at radius 3 is 2.17 bits per heavy atom. The highest BCUT2D eigenvalue weighted by molar-refractivity contribution is 5.94. The zero-order chi connectivity index (χ0) is 22.1. The predicted octanol–water partition coefficient (Wildman–Crippen LogP) is -2.51. The zero-order valence-electron chi connectivity index (χ0n) is 16.5. The van der Waals surface area contributed by atoms with E-state index in [0.29, 0.717) is 5.69 Å². The van der Waals surface area contributed by atoms with E-state index in [0.717, 1.165) is 0 Å². The van der Waals surface area contributed by atoms with E-state index in [1.165, 1.54) is 19.4 Å². The van der Waals surface area contributed by atoms with Crippen LogP contribution >= 0.6 is 0 Å². The maximum absolute atomic E-state index is 12.6. The van der Waals surface area contributed by atoms with Crippen molar-refractivity contribution in [1.29, 1.82) is 0 Å². The van der Waals surface area contributed by atoms with Crippen molar-refractivity contribution in [3.8, 4) is 0 Å². The van der Waals surface area contributed by atoms with Crippen LogP contribution in [0.15, 0.2) is 12.5 Å². The Morgan fingerprint density at radius 2 is 1.72 bits per heavy atom. The molecule has 12 nitrogen and oxygen atoms in total. The summed E-state index contributed by atoms with van der Waals surface area (Å²) in [7, 11) is 0. The number of aliphatic hydroxyl groups is 1. The molecule has 3 amide bonds. The fourth-order valence-electron chi connectivity index (χ4n) is 2.49. The van der Waals surface area contributed by atoms with Crippen LogP contribution in [0.4, 0.5) is 0 Å². The van der Waals surface area contributed by atoms with Crippen LogP contribution in [-0.2, 0) is 25.6 Å². The lowest BCUT2D eigenvalue weighted by atomic mass is 10.0. The van der Waals surface area contributed by atoms with Crippen molar-refractivity contribution in [1.82, 2.24) is 25.9 Å². The first-order chi connectivity index (χ1) is 13.6. The molecule has 0 spiro atoms. The Hall–Kier alpha value is -2.99. The number of carboxylic acid groups (broad SMARTS) is 1. The third-order valence-electron chi connectivity index (χ3n) is 4.11. The van der Waals surface area contributed by atoms with Gasteiger partial charge in [-0.3, -0.25) is 14.4 Å². The second-order valence-electron chi connectivity index (χ2n) is 6.90. The van der Waals surface area contributed by atoms with Crippen LogP contribution < -0.4 is 21.7 Å². The normalized spacial score (nSPS) is 15.1. The van der Waals surface area contributed by atoms with E-state index in [2.05, 4.69) is 25.9 Å². The average Bonchev–Trinajstić information content (AvgIpc) is 3.15. The van der Waals surface area contributed by atoms with Crippen molar-refractivity contribution in [3.05, 3.63) is 18.2 Å². The summed E-state index contributed by atoms with van der Waals surface area (Å²) < 4.78 is 0. The fourth-order valence-corrected chi connectivity index (χ4v) is 2.49. The minimum atomic E-state index is -1.32. The molecule has 0 bridgehead atoms. The highest BCUT2D eigenvalue weighted by Gasteiger charge is 2.32. The Kier molecular flexibility index (Phi) is 9.22. The summed E-state index contributed by atoms with van der Waals surface area (Å²) in [6, 6.07) is -3.66. The van der Waals surface area contributed by atoms with Crippen LogP contribution in [0.3, 0.4) is 0 Å². The number of aliphatic hydroxyl groups excluding tert-OH is 1. The second kappa shape index (κ2) is 11.1. The maximum Gasteiger partial charge on any atom is 0.326 e. The molecule has 29 heavy (non-hydrogen) atoms. The number of aromatic amines is 1. The lowest BCUT2D eigenvalue weighted by molar-refractivity contribution is -0.142. The number of carbonyl (C=O) groups excluding carboxylic acids is 3. The van der Waals surface area contributed by atoms with Gasteiger partial charge in [-0.1, -0.05) is 13.8 Å². The van der Waals surface area contributed by atoms with Crippen molar-refractivity contribution in [2.75, 3.05) is 6.54 Å². The second-order valence-corrected chi connectivity index (χ2v) is 6.90. The van der Waals surface area contributed by atoms with Crippen LogP contribution in [0.2, 0.25) is 0 Å². The minimum absolute atomic E-state index is 0.0251. The van der Waals surface area contributed by atoms with E-state index in [-0.39, 0.29) is 13.0 Å². The smallest absolute Gasteiger partial charge is 0.326 e. The van der Waals surface area contributed by atoms with Gasteiger partial charge < -0.3 is 36.9 Å². The molecule has 12 heteroatoms. The third kappa shape index (κ3) is 7.50. The standard InChI is InChI=1S/C17H28N6O6/c1-8(2)13(23-16(27)14(9(3)24)22-12(25)5-18)15(26)21-11(17(28)29)4-10-6-19-7-20-10/h6-9,11,13-14,24H,4-5,18H2,1-3H3,(H,19,20)(H,21,26)(H,22,25)(H,23,27)(H,28,29). The summed E-state index contributed by atoms with van der Waals surface area (Å²) in [6.07, 6.45) is 1.56. The highest BCUT2D eigenvalue weighted by atomic mass is 16.4. The molecule has 8 N–H and O–H groups in total. The molecule has 0 saturated heterocycles. The van der Waals surface area contributed by atoms with E-state index >= 15 is 0 Å². The van der Waals surface area contributed by atoms with E-state index in [9.17, 15) is 29.4 Å². The van der Waals surface area contributed by atoms with E-state index in [1.54, 1.807) is 13.8 Å². The van der Waals surface area contributed by atoms with Gasteiger partial charge in [0, 0.05) is 18.3 Å². The predicted molar refractivity (Wildman–Crippen MR) is 101 cm³/mol. The molecule has 0 aromatic carbocycles. The van der Waals surface area contributed by atoms with Crippen LogP contribution in [-0.4, -0.2) is 74.6 Å². The quantitative estimate of drug-likeness (QED) is 0.206. The van der Waals surface area contributed by atoms with Crippen LogP contribution in [0, 0.1) is 5.92 Å². The molecule has 1 aromatic heterocycles. The topological polar surface area (TPSA) is 200 Å². The number of aromatic nitrogens is 2. The van der Waals surface area contributed by atoms with Gasteiger partial charge in [-0.2, -0.15) is 0 Å². The molecule has 0 fully saturated rings. The molecule has 1 heterocycles. The summed E-state index contributed by atoms with van der Waals surface area (Å²) >= 11 is 0. The number of hydrogen-bond donors (Lipinski definition) is 7. The summed E-state index contributed by atoms with van der Waals surface area (Å²) in [5.41, 5.74) is 5.72. The Bertz CT molecular complexity index is 705. The van der Waals surface area contributed by atoms with Gasteiger partial charge in [0.15, 0.2) is 0 Å². The van der Waals surface area contributed by atoms with Crippen molar-refractivity contribution >= 4 is 23.7 Å².